The second kappa shape index (κ2) is 3.91. The van der Waals surface area contributed by atoms with Crippen LogP contribution in [0.15, 0.2) is 17.8 Å². The first-order valence-electron chi connectivity index (χ1n) is 6.55. The molecule has 0 aliphatic heterocycles. The number of rotatable bonds is 0. The van der Waals surface area contributed by atoms with Crippen LogP contribution in [-0.4, -0.2) is 9.97 Å². The minimum atomic E-state index is 0.0289. The molecule has 2 aliphatic rings. The Morgan fingerprint density at radius 3 is 3.11 bits per heavy atom. The maximum atomic E-state index is 9.15. The summed E-state index contributed by atoms with van der Waals surface area (Å²) in [6.45, 7) is 4.21. The van der Waals surface area contributed by atoms with Crippen LogP contribution < -0.4 is 0 Å². The van der Waals surface area contributed by atoms with Gasteiger partial charge in [-0.2, -0.15) is 5.26 Å². The van der Waals surface area contributed by atoms with Crippen LogP contribution in [0.25, 0.3) is 0 Å². The highest BCUT2D eigenvalue weighted by Gasteiger charge is 2.43. The van der Waals surface area contributed by atoms with E-state index in [0.29, 0.717) is 5.92 Å². The molecule has 2 aliphatic carbocycles. The first-order valence-corrected chi connectivity index (χ1v) is 6.55. The van der Waals surface area contributed by atoms with E-state index in [1.165, 1.54) is 17.7 Å². The number of aryl methyl sites for hydroxylation is 2. The summed E-state index contributed by atoms with van der Waals surface area (Å²) < 4.78 is 0. The largest absolute Gasteiger partial charge is 0.241 e. The normalized spacial score (nSPS) is 29.8. The fourth-order valence-corrected chi connectivity index (χ4v) is 3.46. The summed E-state index contributed by atoms with van der Waals surface area (Å²) in [4.78, 5) is 9.00. The first-order chi connectivity index (χ1) is 8.63. The Balaban J connectivity index is 2.12. The van der Waals surface area contributed by atoms with Crippen molar-refractivity contribution < 1.29 is 0 Å². The molecule has 0 fully saturated rings. The Kier molecular flexibility index (Phi) is 2.48. The predicted octanol–water partition coefficient (Wildman–Crippen LogP) is 2.85. The lowest BCUT2D eigenvalue weighted by Crippen LogP contribution is -2.40. The van der Waals surface area contributed by atoms with E-state index < -0.39 is 0 Å². The van der Waals surface area contributed by atoms with Gasteiger partial charge in [0, 0.05) is 17.2 Å². The summed E-state index contributed by atoms with van der Waals surface area (Å²) in [5.41, 5.74) is 3.41. The van der Waals surface area contributed by atoms with Gasteiger partial charge in [-0.15, -0.1) is 0 Å². The minimum Gasteiger partial charge on any atom is -0.241 e. The van der Waals surface area contributed by atoms with Gasteiger partial charge in [-0.1, -0.05) is 13.0 Å². The second-order valence-corrected chi connectivity index (χ2v) is 5.70. The van der Waals surface area contributed by atoms with Crippen LogP contribution in [0.5, 0.6) is 0 Å². The van der Waals surface area contributed by atoms with Crippen molar-refractivity contribution in [2.45, 2.75) is 44.9 Å². The Labute approximate surface area is 108 Å². The molecule has 1 heterocycles. The number of nitrogens with zero attached hydrogens (tertiary/aromatic N) is 3. The van der Waals surface area contributed by atoms with Crippen molar-refractivity contribution >= 4 is 0 Å². The number of aromatic nitrogens is 2. The number of hydrogen-bond acceptors (Lipinski definition) is 3. The molecule has 92 valence electrons. The third-order valence-electron chi connectivity index (χ3n) is 4.54. The van der Waals surface area contributed by atoms with Crippen LogP contribution in [0.4, 0.5) is 0 Å². The molecule has 0 saturated heterocycles. The molecule has 0 radical (unpaired) electrons. The van der Waals surface area contributed by atoms with E-state index in [-0.39, 0.29) is 5.41 Å². The highest BCUT2D eigenvalue weighted by atomic mass is 14.9. The third-order valence-corrected chi connectivity index (χ3v) is 4.54. The van der Waals surface area contributed by atoms with E-state index in [1.54, 1.807) is 0 Å². The Morgan fingerprint density at radius 2 is 2.33 bits per heavy atom. The molecule has 0 aromatic carbocycles. The summed E-state index contributed by atoms with van der Waals surface area (Å²) in [6, 6.07) is 2.33. The van der Waals surface area contributed by atoms with Crippen LogP contribution in [0.1, 0.15) is 43.3 Å². The Morgan fingerprint density at radius 1 is 1.50 bits per heavy atom. The molecule has 0 saturated carbocycles. The van der Waals surface area contributed by atoms with E-state index in [4.69, 9.17) is 10.2 Å². The summed E-state index contributed by atoms with van der Waals surface area (Å²) in [5.74, 6) is 1.46. The van der Waals surface area contributed by atoms with Crippen molar-refractivity contribution in [1.29, 1.82) is 5.26 Å². The van der Waals surface area contributed by atoms with Gasteiger partial charge in [-0.25, -0.2) is 9.97 Å². The van der Waals surface area contributed by atoms with E-state index in [2.05, 4.69) is 24.1 Å². The summed E-state index contributed by atoms with van der Waals surface area (Å²) >= 11 is 0. The third kappa shape index (κ3) is 1.56. The van der Waals surface area contributed by atoms with Crippen molar-refractivity contribution in [3.05, 3.63) is 34.9 Å². The molecule has 3 rings (SSSR count). The molecule has 0 bridgehead atoms. The lowest BCUT2D eigenvalue weighted by molar-refractivity contribution is 0.235. The Bertz CT molecular complexity index is 568. The number of fused-ring (bicyclic) bond motifs is 3. The van der Waals surface area contributed by atoms with Crippen LogP contribution in [0.2, 0.25) is 0 Å². The second-order valence-electron chi connectivity index (χ2n) is 5.70. The lowest BCUT2D eigenvalue weighted by atomic mass is 9.60. The molecule has 3 nitrogen and oxygen atoms in total. The number of allylic oxidation sites excluding steroid dienone is 2. The Hall–Kier alpha value is -1.69. The molecular formula is C15H17N3. The number of nitriles is 1. The SMILES string of the molecule is Cc1ncc2c(n1)C1(C)CC(C#N)=CCC1CC2. The van der Waals surface area contributed by atoms with Gasteiger partial charge in [0.1, 0.15) is 5.82 Å². The smallest absolute Gasteiger partial charge is 0.125 e. The van der Waals surface area contributed by atoms with Crippen LogP contribution in [0.3, 0.4) is 0 Å². The van der Waals surface area contributed by atoms with Gasteiger partial charge in [0.15, 0.2) is 0 Å². The van der Waals surface area contributed by atoms with Gasteiger partial charge in [0.2, 0.25) is 0 Å². The monoisotopic (exact) mass is 239 g/mol. The zero-order valence-electron chi connectivity index (χ0n) is 10.9. The summed E-state index contributed by atoms with van der Waals surface area (Å²) in [6.07, 6.45) is 8.20. The highest BCUT2D eigenvalue weighted by Crippen LogP contribution is 2.48. The topological polar surface area (TPSA) is 49.6 Å². The van der Waals surface area contributed by atoms with Crippen molar-refractivity contribution in [2.24, 2.45) is 5.92 Å². The molecule has 0 N–H and O–H groups in total. The van der Waals surface area contributed by atoms with Crippen molar-refractivity contribution in [2.75, 3.05) is 0 Å². The zero-order chi connectivity index (χ0) is 12.8. The van der Waals surface area contributed by atoms with Gasteiger partial charge < -0.3 is 0 Å². The van der Waals surface area contributed by atoms with Gasteiger partial charge in [-0.3, -0.25) is 0 Å². The minimum absolute atomic E-state index is 0.0289. The van der Waals surface area contributed by atoms with Crippen LogP contribution in [-0.2, 0) is 11.8 Å². The van der Waals surface area contributed by atoms with Crippen LogP contribution >= 0.6 is 0 Å². The van der Waals surface area contributed by atoms with Crippen molar-refractivity contribution in [3.63, 3.8) is 0 Å². The molecule has 0 amide bonds. The van der Waals surface area contributed by atoms with Gasteiger partial charge >= 0.3 is 0 Å². The average molecular weight is 239 g/mol. The van der Waals surface area contributed by atoms with E-state index in [1.807, 2.05) is 13.1 Å². The molecule has 3 heteroatoms. The van der Waals surface area contributed by atoms with Gasteiger partial charge in [0.25, 0.3) is 0 Å². The average Bonchev–Trinajstić information content (AvgIpc) is 2.38. The molecule has 1 aromatic heterocycles. The maximum absolute atomic E-state index is 9.15. The summed E-state index contributed by atoms with van der Waals surface area (Å²) in [5, 5.41) is 9.15. The van der Waals surface area contributed by atoms with E-state index in [9.17, 15) is 0 Å². The zero-order valence-corrected chi connectivity index (χ0v) is 10.9. The lowest BCUT2D eigenvalue weighted by Gasteiger charge is -2.44. The first kappa shape index (κ1) is 11.4. The van der Waals surface area contributed by atoms with Crippen molar-refractivity contribution in [3.8, 4) is 6.07 Å². The molecular weight excluding hydrogens is 222 g/mol. The molecule has 2 unspecified atom stereocenters. The quantitative estimate of drug-likeness (QED) is 0.699. The standard InChI is InChI=1S/C15H17N3/c1-10-17-9-12-4-6-13-5-3-11(8-16)7-15(13,2)14(12)18-10/h3,9,13H,4-7H2,1-2H3. The highest BCUT2D eigenvalue weighted by molar-refractivity contribution is 5.37. The van der Waals surface area contributed by atoms with E-state index >= 15 is 0 Å². The number of hydrogen-bond donors (Lipinski definition) is 0. The predicted molar refractivity (Wildman–Crippen MR) is 68.9 cm³/mol. The van der Waals surface area contributed by atoms with Gasteiger partial charge in [0.05, 0.1) is 11.8 Å². The molecule has 1 aromatic rings. The molecule has 2 atom stereocenters. The molecule has 18 heavy (non-hydrogen) atoms. The van der Waals surface area contributed by atoms with E-state index in [0.717, 1.165) is 30.7 Å². The fraction of sp³-hybridized carbons (Fsp3) is 0.533. The van der Waals surface area contributed by atoms with Gasteiger partial charge in [-0.05, 0) is 44.1 Å². The van der Waals surface area contributed by atoms with Crippen LogP contribution in [0, 0.1) is 24.2 Å². The van der Waals surface area contributed by atoms with Crippen molar-refractivity contribution in [1.82, 2.24) is 9.97 Å². The maximum Gasteiger partial charge on any atom is 0.125 e. The molecule has 0 spiro atoms. The summed E-state index contributed by atoms with van der Waals surface area (Å²) in [7, 11) is 0. The fourth-order valence-electron chi connectivity index (χ4n) is 3.46.